The van der Waals surface area contributed by atoms with Crippen LogP contribution in [0.1, 0.15) is 16.2 Å². The van der Waals surface area contributed by atoms with E-state index in [0.717, 1.165) is 33.4 Å². The number of benzene rings is 2. The second-order valence-corrected chi connectivity index (χ2v) is 5.91. The summed E-state index contributed by atoms with van der Waals surface area (Å²) in [7, 11) is 0. The first-order valence-corrected chi connectivity index (χ1v) is 7.94. The standard InChI is InChI=1S/C20H16N4O/c1-13-9-19(20(21)25)23-24(13)17-7-4-6-14(11-17)16-10-15-5-2-3-8-18(15)22-12-16/h2-12H,1H3,(H2,21,25). The topological polar surface area (TPSA) is 73.8 Å². The van der Waals surface area contributed by atoms with E-state index in [4.69, 9.17) is 5.73 Å². The van der Waals surface area contributed by atoms with Gasteiger partial charge in [-0.25, -0.2) is 4.68 Å². The largest absolute Gasteiger partial charge is 0.364 e. The van der Waals surface area contributed by atoms with Crippen LogP contribution in [0, 0.1) is 6.92 Å². The van der Waals surface area contributed by atoms with Crippen LogP contribution in [0.25, 0.3) is 27.7 Å². The molecule has 0 fully saturated rings. The number of pyridine rings is 1. The molecule has 5 nitrogen and oxygen atoms in total. The number of carbonyl (C=O) groups excluding carboxylic acids is 1. The van der Waals surface area contributed by atoms with Gasteiger partial charge in [0.1, 0.15) is 0 Å². The Bertz CT molecular complexity index is 1100. The highest BCUT2D eigenvalue weighted by Crippen LogP contribution is 2.25. The van der Waals surface area contributed by atoms with Gasteiger partial charge in [-0.05, 0) is 42.8 Å². The molecular weight excluding hydrogens is 312 g/mol. The zero-order valence-electron chi connectivity index (χ0n) is 13.7. The van der Waals surface area contributed by atoms with Crippen LogP contribution in [-0.2, 0) is 0 Å². The Hall–Kier alpha value is -3.47. The fourth-order valence-electron chi connectivity index (χ4n) is 2.90. The van der Waals surface area contributed by atoms with Crippen molar-refractivity contribution in [2.75, 3.05) is 0 Å². The number of rotatable bonds is 3. The molecule has 2 heterocycles. The molecule has 1 amide bonds. The van der Waals surface area contributed by atoms with E-state index in [-0.39, 0.29) is 5.69 Å². The molecule has 122 valence electrons. The number of carbonyl (C=O) groups is 1. The first kappa shape index (κ1) is 15.1. The predicted octanol–water partition coefficient (Wildman–Crippen LogP) is 3.49. The lowest BCUT2D eigenvalue weighted by molar-refractivity contribution is 0.0995. The van der Waals surface area contributed by atoms with Gasteiger partial charge in [-0.3, -0.25) is 9.78 Å². The van der Waals surface area contributed by atoms with E-state index in [1.165, 1.54) is 0 Å². The number of hydrogen-bond acceptors (Lipinski definition) is 3. The number of nitrogens with two attached hydrogens (primary N) is 1. The number of hydrogen-bond donors (Lipinski definition) is 1. The van der Waals surface area contributed by atoms with E-state index in [9.17, 15) is 4.79 Å². The summed E-state index contributed by atoms with van der Waals surface area (Å²) in [4.78, 5) is 15.9. The smallest absolute Gasteiger partial charge is 0.269 e. The third kappa shape index (κ3) is 2.76. The minimum absolute atomic E-state index is 0.260. The fourth-order valence-corrected chi connectivity index (χ4v) is 2.90. The summed E-state index contributed by atoms with van der Waals surface area (Å²) in [5, 5.41) is 5.38. The van der Waals surface area contributed by atoms with Gasteiger partial charge in [0.15, 0.2) is 5.69 Å². The van der Waals surface area contributed by atoms with Crippen molar-refractivity contribution >= 4 is 16.8 Å². The van der Waals surface area contributed by atoms with Gasteiger partial charge in [0, 0.05) is 22.8 Å². The van der Waals surface area contributed by atoms with Gasteiger partial charge in [-0.1, -0.05) is 30.3 Å². The summed E-state index contributed by atoms with van der Waals surface area (Å²) in [5.41, 5.74) is 10.3. The SMILES string of the molecule is Cc1cc(C(N)=O)nn1-c1cccc(-c2cnc3ccccc3c2)c1. The lowest BCUT2D eigenvalue weighted by atomic mass is 10.0. The maximum Gasteiger partial charge on any atom is 0.269 e. The van der Waals surface area contributed by atoms with Crippen molar-refractivity contribution in [3.63, 3.8) is 0 Å². The van der Waals surface area contributed by atoms with E-state index >= 15 is 0 Å². The average molecular weight is 328 g/mol. The molecule has 0 radical (unpaired) electrons. The molecule has 0 aliphatic rings. The van der Waals surface area contributed by atoms with Crippen LogP contribution in [-0.4, -0.2) is 20.7 Å². The molecule has 4 aromatic rings. The second kappa shape index (κ2) is 5.87. The highest BCUT2D eigenvalue weighted by Gasteiger charge is 2.11. The van der Waals surface area contributed by atoms with Crippen molar-refractivity contribution < 1.29 is 4.79 Å². The Morgan fingerprint density at radius 3 is 2.64 bits per heavy atom. The van der Waals surface area contributed by atoms with E-state index in [0.29, 0.717) is 0 Å². The van der Waals surface area contributed by atoms with Crippen molar-refractivity contribution in [2.45, 2.75) is 6.92 Å². The monoisotopic (exact) mass is 328 g/mol. The molecule has 2 N–H and O–H groups in total. The summed E-state index contributed by atoms with van der Waals surface area (Å²) in [6.45, 7) is 1.89. The highest BCUT2D eigenvalue weighted by molar-refractivity contribution is 5.91. The molecule has 0 aliphatic carbocycles. The van der Waals surface area contributed by atoms with E-state index in [1.807, 2.05) is 61.7 Å². The number of fused-ring (bicyclic) bond motifs is 1. The zero-order chi connectivity index (χ0) is 17.4. The Morgan fingerprint density at radius 1 is 1.00 bits per heavy atom. The van der Waals surface area contributed by atoms with Crippen molar-refractivity contribution in [3.8, 4) is 16.8 Å². The molecule has 5 heteroatoms. The molecule has 2 aromatic heterocycles. The normalized spacial score (nSPS) is 10.9. The van der Waals surface area contributed by atoms with Gasteiger partial charge >= 0.3 is 0 Å². The van der Waals surface area contributed by atoms with Crippen molar-refractivity contribution in [2.24, 2.45) is 5.73 Å². The number of primary amides is 1. The van der Waals surface area contributed by atoms with Gasteiger partial charge in [-0.15, -0.1) is 0 Å². The maximum atomic E-state index is 11.3. The molecule has 0 atom stereocenters. The molecule has 0 aliphatic heterocycles. The average Bonchev–Trinajstić information content (AvgIpc) is 3.03. The van der Waals surface area contributed by atoms with Gasteiger partial charge in [-0.2, -0.15) is 5.10 Å². The highest BCUT2D eigenvalue weighted by atomic mass is 16.1. The van der Waals surface area contributed by atoms with Crippen LogP contribution < -0.4 is 5.73 Å². The Labute approximate surface area is 144 Å². The lowest BCUT2D eigenvalue weighted by Crippen LogP contribution is -2.12. The maximum absolute atomic E-state index is 11.3. The third-order valence-electron chi connectivity index (χ3n) is 4.15. The van der Waals surface area contributed by atoms with Crippen LogP contribution in [0.2, 0.25) is 0 Å². The number of aromatic nitrogens is 3. The van der Waals surface area contributed by atoms with Gasteiger partial charge in [0.05, 0.1) is 11.2 Å². The van der Waals surface area contributed by atoms with E-state index in [2.05, 4.69) is 16.1 Å². The van der Waals surface area contributed by atoms with E-state index < -0.39 is 5.91 Å². The Balaban J connectivity index is 1.79. The Morgan fingerprint density at radius 2 is 1.84 bits per heavy atom. The molecule has 4 rings (SSSR count). The van der Waals surface area contributed by atoms with E-state index in [1.54, 1.807) is 10.7 Å². The minimum Gasteiger partial charge on any atom is -0.364 e. The summed E-state index contributed by atoms with van der Waals surface area (Å²) < 4.78 is 1.72. The lowest BCUT2D eigenvalue weighted by Gasteiger charge is -2.08. The summed E-state index contributed by atoms with van der Waals surface area (Å²) in [5.74, 6) is -0.531. The number of aryl methyl sites for hydroxylation is 1. The first-order valence-electron chi connectivity index (χ1n) is 7.94. The predicted molar refractivity (Wildman–Crippen MR) is 97.6 cm³/mol. The van der Waals surface area contributed by atoms with Gasteiger partial charge in [0.25, 0.3) is 5.91 Å². The number of amides is 1. The van der Waals surface area contributed by atoms with Crippen molar-refractivity contribution in [3.05, 3.63) is 78.2 Å². The number of nitrogens with zero attached hydrogens (tertiary/aromatic N) is 3. The quantitative estimate of drug-likeness (QED) is 0.625. The summed E-state index contributed by atoms with van der Waals surface area (Å²) in [6, 6.07) is 19.8. The van der Waals surface area contributed by atoms with Crippen LogP contribution in [0.3, 0.4) is 0 Å². The molecule has 0 unspecified atom stereocenters. The molecule has 0 saturated heterocycles. The molecule has 0 bridgehead atoms. The molecular formula is C20H16N4O. The number of para-hydroxylation sites is 1. The van der Waals surface area contributed by atoms with Crippen LogP contribution >= 0.6 is 0 Å². The summed E-state index contributed by atoms with van der Waals surface area (Å²) >= 11 is 0. The first-order chi connectivity index (χ1) is 12.1. The Kier molecular flexibility index (Phi) is 3.54. The summed E-state index contributed by atoms with van der Waals surface area (Å²) in [6.07, 6.45) is 1.87. The molecule has 25 heavy (non-hydrogen) atoms. The van der Waals surface area contributed by atoms with Crippen molar-refractivity contribution in [1.82, 2.24) is 14.8 Å². The molecule has 0 saturated carbocycles. The van der Waals surface area contributed by atoms with Crippen molar-refractivity contribution in [1.29, 1.82) is 0 Å². The van der Waals surface area contributed by atoms with Crippen LogP contribution in [0.15, 0.2) is 66.9 Å². The zero-order valence-corrected chi connectivity index (χ0v) is 13.7. The van der Waals surface area contributed by atoms with Gasteiger partial charge < -0.3 is 5.73 Å². The fraction of sp³-hybridized carbons (Fsp3) is 0.0500. The van der Waals surface area contributed by atoms with Crippen LogP contribution in [0.5, 0.6) is 0 Å². The molecule has 0 spiro atoms. The minimum atomic E-state index is -0.531. The third-order valence-corrected chi connectivity index (χ3v) is 4.15. The van der Waals surface area contributed by atoms with Crippen LogP contribution in [0.4, 0.5) is 0 Å². The van der Waals surface area contributed by atoms with Gasteiger partial charge in [0.2, 0.25) is 0 Å². The molecule has 2 aromatic carbocycles. The second-order valence-electron chi connectivity index (χ2n) is 5.91.